The lowest BCUT2D eigenvalue weighted by molar-refractivity contribution is 0.590. The van der Waals surface area contributed by atoms with Crippen LogP contribution in [0.15, 0.2) is 146 Å². The molecule has 0 saturated heterocycles. The lowest BCUT2D eigenvalue weighted by Gasteiger charge is -2.20. The van der Waals surface area contributed by atoms with Crippen LogP contribution in [-0.2, 0) is 68.2 Å². The first kappa shape index (κ1) is 78.8. The van der Waals surface area contributed by atoms with Gasteiger partial charge in [0.1, 0.15) is 0 Å². The van der Waals surface area contributed by atoms with E-state index in [2.05, 4.69) is 301 Å². The summed E-state index contributed by atoms with van der Waals surface area (Å²) >= 11 is 0. The molecule has 5 heteroatoms. The molecule has 11 rings (SSSR count). The van der Waals surface area contributed by atoms with Crippen LogP contribution in [-0.4, -0.2) is 22.8 Å². The van der Waals surface area contributed by atoms with Gasteiger partial charge in [0.25, 0.3) is 0 Å². The fourth-order valence-electron chi connectivity index (χ4n) is 10.1. The zero-order valence-corrected chi connectivity index (χ0v) is 59.7. The number of nitrogens with zero attached hydrogens (tertiary/aromatic N) is 5. The van der Waals surface area contributed by atoms with Gasteiger partial charge in [0, 0.05) is 98.1 Å². The van der Waals surface area contributed by atoms with Crippen LogP contribution in [0.3, 0.4) is 0 Å². The number of fused-ring (bicyclic) bond motifs is 7. The van der Waals surface area contributed by atoms with Crippen molar-refractivity contribution >= 4 is 54.5 Å². The standard InChI is InChI=1S/C15H19N.4C13H17N.6C2H6.CH4/c1-15(2,3)12-6-7-14-11(9-12)10-13-5-4-8-16(13)14;1-13(2,3)11-5-6-12-10(9-11)7-8-14(12)4;1-13(2,3)11-6-5-10-7-8-14(4)12(10)9-11;1-13(2,3)11-6-5-7-12-10(11)8-9-14(12)4;1-13(2,3)11-7-5-6-10-8-9-14(4)12(10)11;6*1-2;/h6-7,9-10H,4-5,8H2,1-3H3;4*5-9H,1-4H3;6*1-2H3;1H4. The minimum atomic E-state index is 0. The molecule has 0 bridgehead atoms. The van der Waals surface area contributed by atoms with Crippen LogP contribution in [0.5, 0.6) is 0 Å². The van der Waals surface area contributed by atoms with Crippen molar-refractivity contribution in [1.82, 2.24) is 22.8 Å². The molecule has 10 aromatic rings. The second-order valence-corrected chi connectivity index (χ2v) is 25.7. The van der Waals surface area contributed by atoms with Crippen molar-refractivity contribution in [2.24, 2.45) is 28.2 Å². The number of rotatable bonds is 0. The van der Waals surface area contributed by atoms with E-state index in [1.807, 2.05) is 83.1 Å². The summed E-state index contributed by atoms with van der Waals surface area (Å²) in [5.41, 5.74) is 16.5. The summed E-state index contributed by atoms with van der Waals surface area (Å²) in [6.45, 7) is 59.1. The first-order chi connectivity index (χ1) is 39.5. The number of hydrogen-bond acceptors (Lipinski definition) is 0. The topological polar surface area (TPSA) is 24.6 Å². The lowest BCUT2D eigenvalue weighted by Crippen LogP contribution is -2.12. The monoisotopic (exact) mass is 1160 g/mol. The highest BCUT2D eigenvalue weighted by Gasteiger charge is 2.21. The van der Waals surface area contributed by atoms with Gasteiger partial charge < -0.3 is 22.8 Å². The average molecular weight is 1160 g/mol. The molecule has 0 saturated carbocycles. The van der Waals surface area contributed by atoms with E-state index in [0.29, 0.717) is 0 Å². The predicted molar refractivity (Wildman–Crippen MR) is 390 cm³/mol. The van der Waals surface area contributed by atoms with Gasteiger partial charge in [-0.05, 0) is 151 Å². The largest absolute Gasteiger partial charge is 0.351 e. The minimum Gasteiger partial charge on any atom is -0.351 e. The summed E-state index contributed by atoms with van der Waals surface area (Å²) in [4.78, 5) is 0. The third-order valence-corrected chi connectivity index (χ3v) is 14.6. The van der Waals surface area contributed by atoms with Gasteiger partial charge in [-0.15, -0.1) is 0 Å². The predicted octanol–water partition coefficient (Wildman–Crippen LogP) is 24.6. The van der Waals surface area contributed by atoms with E-state index in [4.69, 9.17) is 0 Å². The van der Waals surface area contributed by atoms with E-state index < -0.39 is 0 Å². The molecule has 5 aromatic carbocycles. The van der Waals surface area contributed by atoms with Crippen LogP contribution in [0, 0.1) is 0 Å². The number of aryl methyl sites for hydroxylation is 6. The number of para-hydroxylation sites is 1. The van der Waals surface area contributed by atoms with Crippen molar-refractivity contribution in [3.63, 3.8) is 0 Å². The smallest absolute Gasteiger partial charge is 0.0515 e. The van der Waals surface area contributed by atoms with Crippen molar-refractivity contribution < 1.29 is 0 Å². The molecule has 0 unspecified atom stereocenters. The molecule has 0 spiro atoms. The second-order valence-electron chi connectivity index (χ2n) is 25.7. The van der Waals surface area contributed by atoms with Crippen molar-refractivity contribution in [3.8, 4) is 0 Å². The van der Waals surface area contributed by atoms with Gasteiger partial charge in [-0.25, -0.2) is 0 Å². The Labute approximate surface area is 523 Å². The lowest BCUT2D eigenvalue weighted by atomic mass is 9.85. The maximum Gasteiger partial charge on any atom is 0.0515 e. The Bertz CT molecular complexity index is 3440. The Kier molecular flexibility index (Phi) is 32.8. The molecule has 1 aliphatic rings. The van der Waals surface area contributed by atoms with Gasteiger partial charge >= 0.3 is 0 Å². The zero-order chi connectivity index (χ0) is 64.7. The van der Waals surface area contributed by atoms with Gasteiger partial charge in [-0.2, -0.15) is 0 Å². The van der Waals surface area contributed by atoms with Crippen LogP contribution < -0.4 is 0 Å². The number of benzene rings is 5. The summed E-state index contributed by atoms with van der Waals surface area (Å²) in [5, 5.41) is 6.78. The Morgan fingerprint density at radius 2 is 0.729 bits per heavy atom. The molecule has 0 atom stereocenters. The molecule has 0 amide bonds. The fraction of sp³-hybridized carbons (Fsp3) is 0.500. The highest BCUT2D eigenvalue weighted by molar-refractivity contribution is 5.86. The third kappa shape index (κ3) is 21.3. The summed E-state index contributed by atoms with van der Waals surface area (Å²) in [6, 6.07) is 44.5. The first-order valence-electron chi connectivity index (χ1n) is 32.4. The fourth-order valence-corrected chi connectivity index (χ4v) is 10.1. The SMILES string of the molecule is C.CC.CC.CC.CC.CC.CC.CC(C)(C)c1ccc2c(c1)cc1n2CCC1.Cn1ccc2c(C(C)(C)C)cccc21.Cn1ccc2cc(C(C)(C)C)ccc21.Cn1ccc2ccc(C(C)(C)C)cc21.Cn1ccc2cccc(C(C)(C)C)c21. The number of aromatic nitrogens is 5. The summed E-state index contributed by atoms with van der Waals surface area (Å²) in [6.07, 6.45) is 11.0. The van der Waals surface area contributed by atoms with Crippen LogP contribution >= 0.6 is 0 Å². The van der Waals surface area contributed by atoms with Gasteiger partial charge in [0.2, 0.25) is 0 Å². The average Bonchev–Trinajstić information content (AvgIpc) is 3.15. The van der Waals surface area contributed by atoms with Crippen molar-refractivity contribution in [1.29, 1.82) is 0 Å². The Morgan fingerprint density at radius 3 is 1.26 bits per heavy atom. The van der Waals surface area contributed by atoms with E-state index in [0.717, 1.165) is 0 Å². The van der Waals surface area contributed by atoms with Crippen LogP contribution in [0.25, 0.3) is 54.5 Å². The van der Waals surface area contributed by atoms with E-state index >= 15 is 0 Å². The molecule has 85 heavy (non-hydrogen) atoms. The van der Waals surface area contributed by atoms with Crippen molar-refractivity contribution in [2.45, 2.75) is 241 Å². The molecule has 0 N–H and O–H groups in total. The molecular formula is C80H127N5. The summed E-state index contributed by atoms with van der Waals surface area (Å²) < 4.78 is 11.2. The molecule has 0 aliphatic carbocycles. The molecule has 5 aromatic heterocycles. The van der Waals surface area contributed by atoms with Gasteiger partial charge in [-0.3, -0.25) is 0 Å². The zero-order valence-electron chi connectivity index (χ0n) is 59.7. The molecular weight excluding hydrogens is 1030 g/mol. The molecule has 0 fully saturated rings. The molecule has 1 aliphatic heterocycles. The van der Waals surface area contributed by atoms with Crippen molar-refractivity contribution in [2.75, 3.05) is 0 Å². The Hall–Kier alpha value is -6.20. The second kappa shape index (κ2) is 35.4. The van der Waals surface area contributed by atoms with E-state index in [1.165, 1.54) is 107 Å². The highest BCUT2D eigenvalue weighted by atomic mass is 15.0. The quantitative estimate of drug-likeness (QED) is 0.145. The molecule has 6 heterocycles. The molecule has 0 radical (unpaired) electrons. The van der Waals surface area contributed by atoms with Gasteiger partial charge in [-0.1, -0.05) is 249 Å². The van der Waals surface area contributed by atoms with E-state index in [-0.39, 0.29) is 34.5 Å². The van der Waals surface area contributed by atoms with Crippen molar-refractivity contribution in [3.05, 3.63) is 180 Å². The maximum atomic E-state index is 2.47. The van der Waals surface area contributed by atoms with Gasteiger partial charge in [0.05, 0.1) is 5.52 Å². The Balaban J connectivity index is 0.000000990. The first-order valence-corrected chi connectivity index (χ1v) is 32.4. The van der Waals surface area contributed by atoms with Crippen LogP contribution in [0.1, 0.15) is 234 Å². The highest BCUT2D eigenvalue weighted by Crippen LogP contribution is 2.34. The van der Waals surface area contributed by atoms with E-state index in [9.17, 15) is 0 Å². The minimum absolute atomic E-state index is 0. The number of hydrogen-bond donors (Lipinski definition) is 0. The summed E-state index contributed by atoms with van der Waals surface area (Å²) in [5.74, 6) is 0. The third-order valence-electron chi connectivity index (χ3n) is 14.6. The molecule has 472 valence electrons. The molecule has 5 nitrogen and oxygen atoms in total. The Morgan fingerprint density at radius 1 is 0.318 bits per heavy atom. The summed E-state index contributed by atoms with van der Waals surface area (Å²) in [7, 11) is 8.38. The van der Waals surface area contributed by atoms with Gasteiger partial charge in [0.15, 0.2) is 0 Å². The van der Waals surface area contributed by atoms with Crippen LogP contribution in [0.4, 0.5) is 0 Å². The van der Waals surface area contributed by atoms with Crippen LogP contribution in [0.2, 0.25) is 0 Å². The van der Waals surface area contributed by atoms with E-state index in [1.54, 1.807) is 0 Å². The normalized spacial score (nSPS) is 11.5. The maximum absolute atomic E-state index is 2.47.